The van der Waals surface area contributed by atoms with Crippen LogP contribution in [-0.2, 0) is 13.0 Å². The monoisotopic (exact) mass is 293 g/mol. The van der Waals surface area contributed by atoms with Crippen LogP contribution < -0.4 is 10.5 Å². The van der Waals surface area contributed by atoms with Gasteiger partial charge in [-0.1, -0.05) is 16.8 Å². The Labute approximate surface area is 122 Å². The Morgan fingerprint density at radius 3 is 3.00 bits per heavy atom. The summed E-state index contributed by atoms with van der Waals surface area (Å²) in [6, 6.07) is 5.50. The van der Waals surface area contributed by atoms with Crippen LogP contribution in [0.25, 0.3) is 0 Å². The Morgan fingerprint density at radius 2 is 2.25 bits per heavy atom. The first-order valence-corrected chi connectivity index (χ1v) is 7.08. The van der Waals surface area contributed by atoms with Gasteiger partial charge < -0.3 is 15.0 Å². The van der Waals surface area contributed by atoms with Crippen molar-refractivity contribution in [1.29, 1.82) is 0 Å². The Morgan fingerprint density at radius 1 is 1.40 bits per heavy atom. The zero-order valence-corrected chi connectivity index (χ0v) is 11.8. The van der Waals surface area contributed by atoms with E-state index in [1.54, 1.807) is 6.07 Å². The van der Waals surface area contributed by atoms with Crippen LogP contribution in [0.3, 0.4) is 0 Å². The van der Waals surface area contributed by atoms with E-state index in [2.05, 4.69) is 10.1 Å². The Hall–Kier alpha value is -1.59. The van der Waals surface area contributed by atoms with Crippen molar-refractivity contribution in [2.75, 3.05) is 6.54 Å². The molecular weight excluding hydrogens is 278 g/mol. The fourth-order valence-electron chi connectivity index (χ4n) is 2.01. The van der Waals surface area contributed by atoms with Crippen LogP contribution in [0.15, 0.2) is 22.7 Å². The summed E-state index contributed by atoms with van der Waals surface area (Å²) >= 11 is 5.98. The molecule has 1 aromatic heterocycles. The molecule has 1 heterocycles. The minimum atomic E-state index is 0.263. The van der Waals surface area contributed by atoms with Gasteiger partial charge in [0.15, 0.2) is 12.4 Å². The van der Waals surface area contributed by atoms with E-state index >= 15 is 0 Å². The van der Waals surface area contributed by atoms with Crippen LogP contribution >= 0.6 is 11.6 Å². The maximum absolute atomic E-state index is 5.98. The third kappa shape index (κ3) is 3.11. The lowest BCUT2D eigenvalue weighted by Crippen LogP contribution is -2.05. The maximum atomic E-state index is 5.98. The van der Waals surface area contributed by atoms with Gasteiger partial charge in [0.25, 0.3) is 5.89 Å². The van der Waals surface area contributed by atoms with Gasteiger partial charge in [-0.15, -0.1) is 0 Å². The first-order valence-electron chi connectivity index (χ1n) is 6.70. The van der Waals surface area contributed by atoms with Crippen molar-refractivity contribution < 1.29 is 9.26 Å². The minimum Gasteiger partial charge on any atom is -0.483 e. The molecule has 1 aromatic carbocycles. The fourth-order valence-corrected chi connectivity index (χ4v) is 2.21. The first-order chi connectivity index (χ1) is 9.76. The largest absolute Gasteiger partial charge is 0.483 e. The lowest BCUT2D eigenvalue weighted by atomic mass is 10.1. The van der Waals surface area contributed by atoms with Crippen LogP contribution in [0.1, 0.15) is 36.0 Å². The molecule has 1 fully saturated rings. The molecule has 1 aliphatic carbocycles. The van der Waals surface area contributed by atoms with Crippen molar-refractivity contribution in [3.8, 4) is 5.75 Å². The summed E-state index contributed by atoms with van der Waals surface area (Å²) < 4.78 is 10.9. The second-order valence-corrected chi connectivity index (χ2v) is 5.34. The third-order valence-electron chi connectivity index (χ3n) is 3.21. The number of aromatic nitrogens is 2. The molecular formula is C14H16ClN3O2. The highest BCUT2D eigenvalue weighted by molar-refractivity contribution is 6.30. The van der Waals surface area contributed by atoms with Gasteiger partial charge in [0.05, 0.1) is 0 Å². The highest BCUT2D eigenvalue weighted by Crippen LogP contribution is 2.38. The molecule has 3 rings (SSSR count). The molecule has 1 saturated carbocycles. The summed E-state index contributed by atoms with van der Waals surface area (Å²) in [7, 11) is 0. The molecule has 0 saturated heterocycles. The smallest absolute Gasteiger partial charge is 0.264 e. The number of hydrogen-bond donors (Lipinski definition) is 1. The second-order valence-electron chi connectivity index (χ2n) is 4.90. The maximum Gasteiger partial charge on any atom is 0.264 e. The van der Waals surface area contributed by atoms with Crippen molar-refractivity contribution in [3.05, 3.63) is 40.5 Å². The highest BCUT2D eigenvalue weighted by Gasteiger charge is 2.28. The molecule has 5 nitrogen and oxygen atoms in total. The van der Waals surface area contributed by atoms with Crippen LogP contribution in [0.4, 0.5) is 0 Å². The van der Waals surface area contributed by atoms with Crippen LogP contribution in [0.2, 0.25) is 5.02 Å². The van der Waals surface area contributed by atoms with Crippen molar-refractivity contribution in [2.24, 2.45) is 5.73 Å². The van der Waals surface area contributed by atoms with Gasteiger partial charge in [-0.2, -0.15) is 4.98 Å². The fraction of sp³-hybridized carbons (Fsp3) is 0.429. The first kappa shape index (κ1) is 13.4. The molecule has 0 aliphatic heterocycles. The van der Waals surface area contributed by atoms with Gasteiger partial charge in [-0.05, 0) is 49.6 Å². The zero-order valence-electron chi connectivity index (χ0n) is 11.0. The van der Waals surface area contributed by atoms with Gasteiger partial charge >= 0.3 is 0 Å². The molecule has 0 bridgehead atoms. The van der Waals surface area contributed by atoms with Crippen molar-refractivity contribution in [2.45, 2.75) is 31.8 Å². The van der Waals surface area contributed by atoms with Gasteiger partial charge in [0.2, 0.25) is 0 Å². The van der Waals surface area contributed by atoms with Crippen LogP contribution in [0, 0.1) is 0 Å². The lowest BCUT2D eigenvalue weighted by molar-refractivity contribution is 0.240. The molecule has 106 valence electrons. The van der Waals surface area contributed by atoms with E-state index in [4.69, 9.17) is 26.6 Å². The molecule has 2 aromatic rings. The molecule has 0 spiro atoms. The predicted octanol–water partition coefficient (Wildman–Crippen LogP) is 2.68. The van der Waals surface area contributed by atoms with E-state index in [9.17, 15) is 0 Å². The Kier molecular flexibility index (Phi) is 3.89. The number of nitrogens with two attached hydrogens (primary N) is 1. The molecule has 0 atom stereocenters. The van der Waals surface area contributed by atoms with Crippen LogP contribution in [-0.4, -0.2) is 16.7 Å². The predicted molar refractivity (Wildman–Crippen MR) is 74.8 cm³/mol. The van der Waals surface area contributed by atoms with Gasteiger partial charge in [0, 0.05) is 10.9 Å². The zero-order chi connectivity index (χ0) is 13.9. The van der Waals surface area contributed by atoms with Gasteiger partial charge in [-0.3, -0.25) is 0 Å². The van der Waals surface area contributed by atoms with E-state index in [0.29, 0.717) is 29.8 Å². The van der Waals surface area contributed by atoms with Gasteiger partial charge in [0.1, 0.15) is 5.75 Å². The molecule has 20 heavy (non-hydrogen) atoms. The molecule has 2 N–H and O–H groups in total. The third-order valence-corrected chi connectivity index (χ3v) is 3.45. The van der Waals surface area contributed by atoms with Gasteiger partial charge in [-0.25, -0.2) is 0 Å². The van der Waals surface area contributed by atoms with Crippen molar-refractivity contribution in [3.63, 3.8) is 0 Å². The van der Waals surface area contributed by atoms with Crippen LogP contribution in [0.5, 0.6) is 5.75 Å². The summed E-state index contributed by atoms with van der Waals surface area (Å²) in [6.07, 6.45) is 3.02. The highest BCUT2D eigenvalue weighted by atomic mass is 35.5. The molecule has 1 aliphatic rings. The van der Waals surface area contributed by atoms with E-state index < -0.39 is 0 Å². The summed E-state index contributed by atoms with van der Waals surface area (Å²) in [4.78, 5) is 4.33. The number of ether oxygens (including phenoxy) is 1. The number of halogens is 1. The topological polar surface area (TPSA) is 74.2 Å². The molecule has 0 unspecified atom stereocenters. The van der Waals surface area contributed by atoms with E-state index in [0.717, 1.165) is 30.0 Å². The average molecular weight is 294 g/mol. The standard InChI is InChI=1S/C14H16ClN3O2/c15-11-3-4-12(10(7-11)5-6-16)19-8-13-17-14(18-20-13)9-1-2-9/h3-4,7,9H,1-2,5-6,8,16H2. The SMILES string of the molecule is NCCc1cc(Cl)ccc1OCc1nc(C2CC2)no1. The summed E-state index contributed by atoms with van der Waals surface area (Å²) in [5.74, 6) is 2.53. The number of benzene rings is 1. The molecule has 0 amide bonds. The Balaban J connectivity index is 1.67. The van der Waals surface area contributed by atoms with E-state index in [1.165, 1.54) is 0 Å². The van der Waals surface area contributed by atoms with E-state index in [1.807, 2.05) is 12.1 Å². The minimum absolute atomic E-state index is 0.263. The second kappa shape index (κ2) is 5.81. The van der Waals surface area contributed by atoms with Crippen molar-refractivity contribution >= 4 is 11.6 Å². The number of hydrogen-bond acceptors (Lipinski definition) is 5. The Bertz CT molecular complexity index is 596. The normalized spacial score (nSPS) is 14.5. The average Bonchev–Trinajstić information content (AvgIpc) is 3.18. The number of rotatable bonds is 6. The quantitative estimate of drug-likeness (QED) is 0.886. The molecule has 6 heteroatoms. The number of nitrogens with zero attached hydrogens (tertiary/aromatic N) is 2. The van der Waals surface area contributed by atoms with Crippen molar-refractivity contribution in [1.82, 2.24) is 10.1 Å². The summed E-state index contributed by atoms with van der Waals surface area (Å²) in [6.45, 7) is 0.808. The summed E-state index contributed by atoms with van der Waals surface area (Å²) in [5.41, 5.74) is 6.58. The summed E-state index contributed by atoms with van der Waals surface area (Å²) in [5, 5.41) is 4.63. The lowest BCUT2D eigenvalue weighted by Gasteiger charge is -2.09. The van der Waals surface area contributed by atoms with E-state index in [-0.39, 0.29) is 6.61 Å². The molecule has 0 radical (unpaired) electrons.